The Morgan fingerprint density at radius 3 is 2.70 bits per heavy atom. The van der Waals surface area contributed by atoms with Crippen molar-refractivity contribution in [1.29, 1.82) is 0 Å². The molecule has 2 nitrogen and oxygen atoms in total. The maximum atomic E-state index is 7.76. The molecule has 4 aromatic rings. The highest BCUT2D eigenvalue weighted by atomic mass is 16.3. The molecule has 114 valence electrons. The molecule has 0 spiro atoms. The summed E-state index contributed by atoms with van der Waals surface area (Å²) in [5, 5.41) is 2.10. The van der Waals surface area contributed by atoms with Gasteiger partial charge in [-0.25, -0.2) is 0 Å². The van der Waals surface area contributed by atoms with Crippen LogP contribution in [0.3, 0.4) is 0 Å². The second kappa shape index (κ2) is 5.24. The van der Waals surface area contributed by atoms with E-state index in [1.807, 2.05) is 62.4 Å². The van der Waals surface area contributed by atoms with Gasteiger partial charge in [-0.05, 0) is 42.1 Å². The Balaban J connectivity index is 1.97. The van der Waals surface area contributed by atoms with Crippen molar-refractivity contribution in [2.24, 2.45) is 0 Å². The Kier molecular flexibility index (Phi) is 2.51. The molecular formula is C21H19NO. The molecule has 4 rings (SSSR count). The molecule has 2 heterocycles. The summed E-state index contributed by atoms with van der Waals surface area (Å²) in [5.74, 6) is 0.0852. The van der Waals surface area contributed by atoms with Gasteiger partial charge in [0.15, 0.2) is 0 Å². The Hall–Kier alpha value is -2.61. The van der Waals surface area contributed by atoms with E-state index in [0.29, 0.717) is 5.56 Å². The average Bonchev–Trinajstić information content (AvgIpc) is 2.99. The molecule has 0 fully saturated rings. The Bertz CT molecular complexity index is 1110. The zero-order valence-electron chi connectivity index (χ0n) is 16.1. The lowest BCUT2D eigenvalue weighted by molar-refractivity contribution is 0.670. The van der Waals surface area contributed by atoms with Crippen molar-refractivity contribution in [3.63, 3.8) is 0 Å². The number of hydrogen-bond acceptors (Lipinski definition) is 2. The van der Waals surface area contributed by atoms with Gasteiger partial charge < -0.3 is 4.42 Å². The smallest absolute Gasteiger partial charge is 0.144 e. The van der Waals surface area contributed by atoms with Gasteiger partial charge in [0.05, 0.1) is 5.69 Å². The third-order valence-electron chi connectivity index (χ3n) is 4.24. The Morgan fingerprint density at radius 2 is 1.87 bits per heavy atom. The summed E-state index contributed by atoms with van der Waals surface area (Å²) in [6, 6.07) is 15.8. The fourth-order valence-electron chi connectivity index (χ4n) is 3.04. The molecule has 0 amide bonds. The van der Waals surface area contributed by atoms with Crippen LogP contribution in [0.15, 0.2) is 59.1 Å². The molecule has 2 heteroatoms. The highest BCUT2D eigenvalue weighted by Gasteiger charge is 2.14. The number of fused-ring (bicyclic) bond motifs is 3. The first kappa shape index (κ1) is 11.0. The molecule has 0 radical (unpaired) electrons. The van der Waals surface area contributed by atoms with Crippen molar-refractivity contribution >= 4 is 21.9 Å². The first-order valence-electron chi connectivity index (χ1n) is 9.27. The second-order valence-electron chi connectivity index (χ2n) is 6.09. The lowest BCUT2D eigenvalue weighted by Gasteiger charge is -2.11. The summed E-state index contributed by atoms with van der Waals surface area (Å²) < 4.78 is 29.4. The molecular weight excluding hydrogens is 282 g/mol. The number of nitrogens with zero attached hydrogens (tertiary/aromatic N) is 1. The van der Waals surface area contributed by atoms with Gasteiger partial charge in [0.2, 0.25) is 0 Å². The van der Waals surface area contributed by atoms with E-state index < -0.39 is 6.85 Å². The topological polar surface area (TPSA) is 26.0 Å². The fourth-order valence-corrected chi connectivity index (χ4v) is 3.04. The molecule has 2 aromatic heterocycles. The van der Waals surface area contributed by atoms with E-state index in [4.69, 9.17) is 8.53 Å². The number of rotatable bonds is 2. The van der Waals surface area contributed by atoms with Gasteiger partial charge in [0, 0.05) is 26.6 Å². The number of para-hydroxylation sites is 2. The molecule has 0 aliphatic carbocycles. The summed E-state index contributed by atoms with van der Waals surface area (Å²) in [4.78, 5) is 4.46. The normalized spacial score (nSPS) is 14.1. The number of furan rings is 1. The minimum Gasteiger partial charge on any atom is -0.455 e. The first-order valence-corrected chi connectivity index (χ1v) is 7.77. The minimum absolute atomic E-state index is 0.0852. The quantitative estimate of drug-likeness (QED) is 0.448. The molecule has 0 aliphatic rings. The number of pyridine rings is 1. The monoisotopic (exact) mass is 304 g/mol. The summed E-state index contributed by atoms with van der Waals surface area (Å²) >= 11 is 0. The summed E-state index contributed by atoms with van der Waals surface area (Å²) in [6.07, 6.45) is 1.49. The molecule has 0 bridgehead atoms. The lowest BCUT2D eigenvalue weighted by atomic mass is 9.97. The van der Waals surface area contributed by atoms with Gasteiger partial charge in [0.25, 0.3) is 0 Å². The van der Waals surface area contributed by atoms with Crippen LogP contribution in [0.1, 0.15) is 35.0 Å². The van der Waals surface area contributed by atoms with Gasteiger partial charge in [-0.2, -0.15) is 0 Å². The number of aryl methyl sites for hydroxylation is 1. The zero-order valence-corrected chi connectivity index (χ0v) is 13.1. The summed E-state index contributed by atoms with van der Waals surface area (Å²) in [7, 11) is 0. The molecule has 0 unspecified atom stereocenters. The SMILES string of the molecule is [2H]C([2H])([2H])c1cnc(-c2cccc3c2oc2ccccc23)cc1C(C)C. The average molecular weight is 304 g/mol. The van der Waals surface area contributed by atoms with Crippen LogP contribution in [-0.4, -0.2) is 4.98 Å². The molecule has 0 saturated carbocycles. The summed E-state index contributed by atoms with van der Waals surface area (Å²) in [6.45, 7) is 1.82. The first-order chi connectivity index (χ1) is 12.4. The maximum absolute atomic E-state index is 7.76. The standard InChI is InChI=1S/C21H19NO/c1-13(2)18-11-19(22-12-14(18)3)17-9-6-8-16-15-7-4-5-10-20(15)23-21(16)17/h4-13H,1-3H3/i3D3. The molecule has 0 aliphatic heterocycles. The zero-order chi connectivity index (χ0) is 18.5. The van der Waals surface area contributed by atoms with Gasteiger partial charge in [0.1, 0.15) is 11.2 Å². The molecule has 0 N–H and O–H groups in total. The second-order valence-corrected chi connectivity index (χ2v) is 6.09. The van der Waals surface area contributed by atoms with Crippen molar-refractivity contribution in [3.05, 3.63) is 65.9 Å². The van der Waals surface area contributed by atoms with Crippen molar-refractivity contribution in [2.75, 3.05) is 0 Å². The van der Waals surface area contributed by atoms with Crippen molar-refractivity contribution in [3.8, 4) is 11.3 Å². The molecule has 0 atom stereocenters. The lowest BCUT2D eigenvalue weighted by Crippen LogP contribution is -1.95. The molecule has 2 aromatic carbocycles. The van der Waals surface area contributed by atoms with Crippen LogP contribution in [0.5, 0.6) is 0 Å². The van der Waals surface area contributed by atoms with Crippen LogP contribution in [0.4, 0.5) is 0 Å². The predicted octanol–water partition coefficient (Wildman–Crippen LogP) is 6.08. The van der Waals surface area contributed by atoms with Crippen molar-refractivity contribution < 1.29 is 8.53 Å². The van der Waals surface area contributed by atoms with Crippen LogP contribution in [-0.2, 0) is 0 Å². The van der Waals surface area contributed by atoms with Crippen molar-refractivity contribution in [2.45, 2.75) is 26.6 Å². The van der Waals surface area contributed by atoms with Crippen LogP contribution in [0.2, 0.25) is 0 Å². The van der Waals surface area contributed by atoms with Crippen LogP contribution < -0.4 is 0 Å². The van der Waals surface area contributed by atoms with E-state index >= 15 is 0 Å². The fraction of sp³-hybridized carbons (Fsp3) is 0.190. The maximum Gasteiger partial charge on any atom is 0.144 e. The van der Waals surface area contributed by atoms with Crippen LogP contribution >= 0.6 is 0 Å². The number of hydrogen-bond donors (Lipinski definition) is 0. The number of benzene rings is 2. The van der Waals surface area contributed by atoms with Crippen molar-refractivity contribution in [1.82, 2.24) is 4.98 Å². The third kappa shape index (κ3) is 2.22. The van der Waals surface area contributed by atoms with Gasteiger partial charge in [-0.1, -0.05) is 44.2 Å². The Labute approximate surface area is 140 Å². The van der Waals surface area contributed by atoms with E-state index in [9.17, 15) is 0 Å². The highest BCUT2D eigenvalue weighted by Crippen LogP contribution is 2.35. The van der Waals surface area contributed by atoms with Gasteiger partial charge in [-0.15, -0.1) is 0 Å². The molecule has 0 saturated heterocycles. The number of aromatic nitrogens is 1. The summed E-state index contributed by atoms with van der Waals surface area (Å²) in [5.41, 5.74) is 4.32. The van der Waals surface area contributed by atoms with E-state index in [-0.39, 0.29) is 5.92 Å². The molecule has 23 heavy (non-hydrogen) atoms. The Morgan fingerprint density at radius 1 is 1.04 bits per heavy atom. The van der Waals surface area contributed by atoms with E-state index in [1.54, 1.807) is 0 Å². The largest absolute Gasteiger partial charge is 0.455 e. The highest BCUT2D eigenvalue weighted by molar-refractivity contribution is 6.09. The van der Waals surface area contributed by atoms with E-state index in [2.05, 4.69) is 4.98 Å². The van der Waals surface area contributed by atoms with E-state index in [0.717, 1.165) is 38.8 Å². The van der Waals surface area contributed by atoms with Crippen LogP contribution in [0.25, 0.3) is 33.2 Å². The minimum atomic E-state index is -2.17. The third-order valence-corrected chi connectivity index (χ3v) is 4.24. The van der Waals surface area contributed by atoms with E-state index in [1.165, 1.54) is 6.20 Å². The van der Waals surface area contributed by atoms with Gasteiger partial charge in [-0.3, -0.25) is 4.98 Å². The predicted molar refractivity (Wildman–Crippen MR) is 95.8 cm³/mol. The van der Waals surface area contributed by atoms with Crippen LogP contribution in [0, 0.1) is 6.85 Å². The van der Waals surface area contributed by atoms with Gasteiger partial charge >= 0.3 is 0 Å².